The first-order chi connectivity index (χ1) is 15.3. The Balaban J connectivity index is -0.0000000227. The SMILES string of the molecule is CC(=O)[O-].CC(=O)[O-].CC(=O)[O-].CC(=O)[O-].CC(=O)[O-].CC(=O)[O-].CC(=O)[O-].CC(=O)[O-].ClOCl.[Zr+4].[Zr+4]. The summed E-state index contributed by atoms with van der Waals surface area (Å²) in [5.41, 5.74) is 0. The zero-order valence-electron chi connectivity index (χ0n) is 20.7. The average molecular weight is 742 g/mol. The number of carboxylic acid groups (broad SMARTS) is 8. The first-order valence-corrected chi connectivity index (χ1v) is 8.19. The molecular weight excluding hydrogens is 718 g/mol. The quantitative estimate of drug-likeness (QED) is 0.222. The molecule has 0 N–H and O–H groups in total. The molecule has 0 bridgehead atoms. The van der Waals surface area contributed by atoms with Gasteiger partial charge in [-0.05, 0) is 55.4 Å². The van der Waals surface area contributed by atoms with Crippen LogP contribution in [-0.4, -0.2) is 47.8 Å². The molecule has 0 rings (SSSR count). The molecule has 17 nitrogen and oxygen atoms in total. The van der Waals surface area contributed by atoms with Gasteiger partial charge in [0.05, 0.1) is 23.7 Å². The second-order valence-electron chi connectivity index (χ2n) is 3.99. The third kappa shape index (κ3) is 9370. The predicted octanol–water partition coefficient (Wildman–Crippen LogP) is -8.64. The van der Waals surface area contributed by atoms with Crippen LogP contribution in [0.3, 0.4) is 0 Å². The monoisotopic (exact) mass is 738 g/mol. The zero-order chi connectivity index (χ0) is 31.3. The third-order valence-corrected chi connectivity index (χ3v) is 0. The molecule has 0 radical (unpaired) electrons. The standard InChI is InChI=1S/8C2H4O2.Cl2O.2Zr/c8*1-2(3)4;1-3-2;;/h8*1H3,(H,3,4);;;/q;;;;;;;;;2*+4/p-8. The number of carbonyl (C=O) groups excluding carboxylic acids is 8. The van der Waals surface area contributed by atoms with Gasteiger partial charge in [-0.25, -0.2) is 0 Å². The van der Waals surface area contributed by atoms with Crippen LogP contribution >= 0.6 is 23.7 Å². The molecule has 0 fully saturated rings. The Labute approximate surface area is 260 Å². The molecule has 0 atom stereocenters. The molecule has 0 saturated carbocycles. The van der Waals surface area contributed by atoms with Gasteiger partial charge in [-0.2, -0.15) is 3.84 Å². The Bertz CT molecular complexity index is 398. The number of halogens is 2. The van der Waals surface area contributed by atoms with Crippen LogP contribution in [0.25, 0.3) is 0 Å². The number of hydrogen-bond acceptors (Lipinski definition) is 17. The van der Waals surface area contributed by atoms with Crippen molar-refractivity contribution >= 4 is 71.5 Å². The van der Waals surface area contributed by atoms with Crippen molar-refractivity contribution in [2.24, 2.45) is 0 Å². The molecule has 37 heavy (non-hydrogen) atoms. The second-order valence-corrected chi connectivity index (χ2v) is 4.46. The Kier molecular flexibility index (Phi) is 133. The van der Waals surface area contributed by atoms with Crippen LogP contribution in [-0.2, 0) is 94.6 Å². The van der Waals surface area contributed by atoms with E-state index in [9.17, 15) is 0 Å². The number of hydrogen-bond donors (Lipinski definition) is 0. The summed E-state index contributed by atoms with van der Waals surface area (Å²) in [6.45, 7) is 7.78. The van der Waals surface area contributed by atoms with Crippen molar-refractivity contribution < 1.29 is 135 Å². The van der Waals surface area contributed by atoms with Crippen LogP contribution in [0, 0.1) is 0 Å². The van der Waals surface area contributed by atoms with Crippen LogP contribution in [0.4, 0.5) is 0 Å². The maximum absolute atomic E-state index is 8.89. The van der Waals surface area contributed by atoms with E-state index >= 15 is 0 Å². The normalized spacial score (nSPS) is 5.89. The largest absolute Gasteiger partial charge is 4.00 e. The Morgan fingerprint density at radius 1 is 0.351 bits per heavy atom. The minimum atomic E-state index is -1.08. The van der Waals surface area contributed by atoms with Crippen molar-refractivity contribution in [1.29, 1.82) is 0 Å². The maximum Gasteiger partial charge on any atom is 4.00 e. The Morgan fingerprint density at radius 2 is 0.351 bits per heavy atom. The third-order valence-electron chi connectivity index (χ3n) is 0. The van der Waals surface area contributed by atoms with Crippen molar-refractivity contribution in [2.75, 3.05) is 0 Å². The van der Waals surface area contributed by atoms with Crippen LogP contribution in [0.15, 0.2) is 0 Å². The summed E-state index contributed by atoms with van der Waals surface area (Å²) in [6, 6.07) is 0. The fourth-order valence-electron chi connectivity index (χ4n) is 0. The van der Waals surface area contributed by atoms with E-state index in [1.54, 1.807) is 0 Å². The fourth-order valence-corrected chi connectivity index (χ4v) is 0. The van der Waals surface area contributed by atoms with E-state index in [1.165, 1.54) is 0 Å². The number of aliphatic carboxylic acids is 8. The minimum Gasteiger partial charge on any atom is -0.550 e. The maximum atomic E-state index is 8.89. The van der Waals surface area contributed by atoms with Crippen LogP contribution in [0.5, 0.6) is 0 Å². The molecular formula is C16H24Cl2O17Zr2. The summed E-state index contributed by atoms with van der Waals surface area (Å²) in [5, 5.41) is 71.1. The summed E-state index contributed by atoms with van der Waals surface area (Å²) < 4.78 is 3.19. The zero-order valence-corrected chi connectivity index (χ0v) is 27.1. The summed E-state index contributed by atoms with van der Waals surface area (Å²) >= 11 is 8.53. The Hall–Kier alpha value is -1.93. The van der Waals surface area contributed by atoms with Gasteiger partial charge in [0, 0.05) is 47.8 Å². The van der Waals surface area contributed by atoms with Gasteiger partial charge in [-0.3, -0.25) is 0 Å². The number of rotatable bonds is 0. The first-order valence-electron chi connectivity index (χ1n) is 7.57. The van der Waals surface area contributed by atoms with Gasteiger partial charge >= 0.3 is 52.4 Å². The molecule has 0 aromatic rings. The number of carboxylic acids is 8. The Morgan fingerprint density at radius 3 is 0.351 bits per heavy atom. The molecule has 0 spiro atoms. The van der Waals surface area contributed by atoms with Gasteiger partial charge in [0.2, 0.25) is 0 Å². The molecule has 212 valence electrons. The van der Waals surface area contributed by atoms with E-state index in [0.29, 0.717) is 0 Å². The predicted molar refractivity (Wildman–Crippen MR) is 98.2 cm³/mol. The van der Waals surface area contributed by atoms with E-state index in [0.717, 1.165) is 55.4 Å². The van der Waals surface area contributed by atoms with E-state index in [2.05, 4.69) is 27.6 Å². The first kappa shape index (κ1) is 70.3. The molecule has 0 amide bonds. The van der Waals surface area contributed by atoms with Crippen LogP contribution in [0.1, 0.15) is 55.4 Å². The average Bonchev–Trinajstić information content (AvgIpc) is 2.41. The molecule has 0 unspecified atom stereocenters. The summed E-state index contributed by atoms with van der Waals surface area (Å²) in [7, 11) is 0. The van der Waals surface area contributed by atoms with Gasteiger partial charge in [0.15, 0.2) is 0 Å². The van der Waals surface area contributed by atoms with E-state index < -0.39 is 47.8 Å². The topological polar surface area (TPSA) is 330 Å². The minimum absolute atomic E-state index is 0. The molecule has 0 aliphatic carbocycles. The molecule has 0 aromatic carbocycles. The fraction of sp³-hybridized carbons (Fsp3) is 0.500. The van der Waals surface area contributed by atoms with E-state index in [4.69, 9.17) is 79.2 Å². The van der Waals surface area contributed by atoms with Crippen molar-refractivity contribution in [1.82, 2.24) is 0 Å². The van der Waals surface area contributed by atoms with Gasteiger partial charge in [-0.15, -0.1) is 0 Å². The molecule has 0 saturated heterocycles. The number of carbonyl (C=O) groups is 8. The van der Waals surface area contributed by atoms with Gasteiger partial charge in [0.25, 0.3) is 0 Å². The second kappa shape index (κ2) is 70.0. The molecule has 0 heterocycles. The molecule has 0 aliphatic rings. The van der Waals surface area contributed by atoms with E-state index in [-0.39, 0.29) is 52.4 Å². The van der Waals surface area contributed by atoms with Crippen LogP contribution in [0.2, 0.25) is 0 Å². The smallest absolute Gasteiger partial charge is 0.550 e. The van der Waals surface area contributed by atoms with Crippen molar-refractivity contribution in [3.63, 3.8) is 0 Å². The summed E-state index contributed by atoms with van der Waals surface area (Å²) in [6.07, 6.45) is 0. The van der Waals surface area contributed by atoms with E-state index in [1.807, 2.05) is 0 Å². The molecule has 21 heteroatoms. The molecule has 0 aliphatic heterocycles. The van der Waals surface area contributed by atoms with Crippen molar-refractivity contribution in [2.45, 2.75) is 55.4 Å². The van der Waals surface area contributed by atoms with Gasteiger partial charge in [0.1, 0.15) is 0 Å². The summed E-state index contributed by atoms with van der Waals surface area (Å²) in [4.78, 5) is 71.1. The molecule has 0 aromatic heterocycles. The van der Waals surface area contributed by atoms with Gasteiger partial charge in [-0.1, -0.05) is 0 Å². The van der Waals surface area contributed by atoms with Gasteiger partial charge < -0.3 is 79.2 Å². The van der Waals surface area contributed by atoms with Crippen LogP contribution < -0.4 is 40.9 Å². The van der Waals surface area contributed by atoms with Crippen molar-refractivity contribution in [3.8, 4) is 0 Å². The van der Waals surface area contributed by atoms with Crippen molar-refractivity contribution in [3.05, 3.63) is 0 Å². The summed E-state index contributed by atoms with van der Waals surface area (Å²) in [5.74, 6) is -8.67.